The lowest BCUT2D eigenvalue weighted by molar-refractivity contribution is 0.237. The van der Waals surface area contributed by atoms with Gasteiger partial charge in [0, 0.05) is 18.6 Å². The highest BCUT2D eigenvalue weighted by Crippen LogP contribution is 2.31. The van der Waals surface area contributed by atoms with E-state index in [0.29, 0.717) is 17.8 Å². The average Bonchev–Trinajstić information content (AvgIpc) is 2.42. The van der Waals surface area contributed by atoms with Crippen molar-refractivity contribution in [3.05, 3.63) is 29.3 Å². The summed E-state index contributed by atoms with van der Waals surface area (Å²) in [6.07, 6.45) is 4.70. The van der Waals surface area contributed by atoms with E-state index < -0.39 is 0 Å². The van der Waals surface area contributed by atoms with Crippen LogP contribution in [0, 0.1) is 5.92 Å². The van der Waals surface area contributed by atoms with Crippen LogP contribution in [0.1, 0.15) is 50.3 Å². The lowest BCUT2D eigenvalue weighted by Crippen LogP contribution is -2.40. The zero-order chi connectivity index (χ0) is 15.4. The van der Waals surface area contributed by atoms with Gasteiger partial charge in [0.1, 0.15) is 5.75 Å². The molecule has 2 rings (SSSR count). The number of fused-ring (bicyclic) bond motifs is 1. The summed E-state index contributed by atoms with van der Waals surface area (Å²) in [4.78, 5) is 2.33. The van der Waals surface area contributed by atoms with Crippen molar-refractivity contribution in [2.24, 2.45) is 5.92 Å². The number of aromatic hydroxyl groups is 1. The number of aryl methyl sites for hydroxylation is 1. The molecule has 1 aliphatic carbocycles. The second-order valence-corrected chi connectivity index (χ2v) is 6.98. The number of nitrogens with zero attached hydrogens (tertiary/aromatic N) is 1. The Morgan fingerprint density at radius 2 is 2.10 bits per heavy atom. The van der Waals surface area contributed by atoms with Gasteiger partial charge in [-0.2, -0.15) is 0 Å². The predicted molar refractivity (Wildman–Crippen MR) is 88.7 cm³/mol. The SMILES string of the molecule is CC(C)CC(CNC1CCCc2cc(O)ccc21)N(C)C. The number of phenolic OH excluding ortho intramolecular Hbond substituents is 1. The van der Waals surface area contributed by atoms with E-state index in [0.717, 1.165) is 18.9 Å². The Labute approximate surface area is 129 Å². The van der Waals surface area contributed by atoms with Crippen molar-refractivity contribution < 1.29 is 5.11 Å². The van der Waals surface area contributed by atoms with Gasteiger partial charge < -0.3 is 15.3 Å². The number of benzene rings is 1. The summed E-state index contributed by atoms with van der Waals surface area (Å²) < 4.78 is 0. The van der Waals surface area contributed by atoms with Crippen molar-refractivity contribution in [1.82, 2.24) is 10.2 Å². The Morgan fingerprint density at radius 1 is 1.33 bits per heavy atom. The van der Waals surface area contributed by atoms with E-state index in [-0.39, 0.29) is 0 Å². The maximum Gasteiger partial charge on any atom is 0.115 e. The maximum atomic E-state index is 9.64. The Morgan fingerprint density at radius 3 is 2.76 bits per heavy atom. The normalized spacial score (nSPS) is 19.8. The lowest BCUT2D eigenvalue weighted by Gasteiger charge is -2.31. The molecule has 0 fully saturated rings. The fourth-order valence-corrected chi connectivity index (χ4v) is 3.31. The smallest absolute Gasteiger partial charge is 0.115 e. The number of rotatable bonds is 6. The first-order valence-electron chi connectivity index (χ1n) is 8.19. The van der Waals surface area contributed by atoms with E-state index in [1.165, 1.54) is 30.4 Å². The van der Waals surface area contributed by atoms with E-state index in [4.69, 9.17) is 0 Å². The van der Waals surface area contributed by atoms with Gasteiger partial charge in [-0.05, 0) is 69.0 Å². The molecule has 2 unspecified atom stereocenters. The summed E-state index contributed by atoms with van der Waals surface area (Å²) in [6.45, 7) is 5.60. The minimum atomic E-state index is 0.389. The van der Waals surface area contributed by atoms with Gasteiger partial charge in [-0.25, -0.2) is 0 Å². The van der Waals surface area contributed by atoms with E-state index in [1.54, 1.807) is 0 Å². The van der Waals surface area contributed by atoms with Crippen LogP contribution in [0.3, 0.4) is 0 Å². The standard InChI is InChI=1S/C18H30N2O/c1-13(2)10-15(20(3)4)12-19-18-7-5-6-14-11-16(21)8-9-17(14)18/h8-9,11,13,15,18-19,21H,5-7,10,12H2,1-4H3. The van der Waals surface area contributed by atoms with Crippen molar-refractivity contribution in [3.63, 3.8) is 0 Å². The van der Waals surface area contributed by atoms with E-state index in [2.05, 4.69) is 44.2 Å². The molecule has 0 aliphatic heterocycles. The highest BCUT2D eigenvalue weighted by Gasteiger charge is 2.22. The number of nitrogens with one attached hydrogen (secondary N) is 1. The van der Waals surface area contributed by atoms with Crippen molar-refractivity contribution in [3.8, 4) is 5.75 Å². The summed E-state index contributed by atoms with van der Waals surface area (Å²) >= 11 is 0. The van der Waals surface area contributed by atoms with Gasteiger partial charge in [0.25, 0.3) is 0 Å². The molecule has 3 nitrogen and oxygen atoms in total. The minimum absolute atomic E-state index is 0.389. The number of phenols is 1. The molecular weight excluding hydrogens is 260 g/mol. The van der Waals surface area contributed by atoms with Crippen LogP contribution in [-0.2, 0) is 6.42 Å². The van der Waals surface area contributed by atoms with E-state index in [1.807, 2.05) is 12.1 Å². The maximum absolute atomic E-state index is 9.64. The van der Waals surface area contributed by atoms with Crippen LogP contribution in [-0.4, -0.2) is 36.7 Å². The third kappa shape index (κ3) is 4.45. The van der Waals surface area contributed by atoms with Crippen LogP contribution >= 0.6 is 0 Å². The van der Waals surface area contributed by atoms with Crippen molar-refractivity contribution in [2.75, 3.05) is 20.6 Å². The highest BCUT2D eigenvalue weighted by atomic mass is 16.3. The van der Waals surface area contributed by atoms with Gasteiger partial charge in [0.2, 0.25) is 0 Å². The quantitative estimate of drug-likeness (QED) is 0.843. The molecule has 21 heavy (non-hydrogen) atoms. The molecule has 0 aromatic heterocycles. The van der Waals surface area contributed by atoms with Crippen LogP contribution in [0.5, 0.6) is 5.75 Å². The van der Waals surface area contributed by atoms with Gasteiger partial charge in [0.05, 0.1) is 0 Å². The summed E-state index contributed by atoms with van der Waals surface area (Å²) in [5.74, 6) is 1.11. The van der Waals surface area contributed by atoms with E-state index in [9.17, 15) is 5.11 Å². The summed E-state index contributed by atoms with van der Waals surface area (Å²) in [5, 5.41) is 13.4. The molecular formula is C18H30N2O. The Kier molecular flexibility index (Phi) is 5.65. The molecule has 0 bridgehead atoms. The molecule has 0 spiro atoms. The highest BCUT2D eigenvalue weighted by molar-refractivity contribution is 5.38. The first-order chi connectivity index (χ1) is 9.97. The predicted octanol–water partition coefficient (Wildman–Crippen LogP) is 3.34. The van der Waals surface area contributed by atoms with Crippen LogP contribution in [0.15, 0.2) is 18.2 Å². The molecule has 0 heterocycles. The molecule has 0 saturated carbocycles. The number of hydrogen-bond donors (Lipinski definition) is 2. The molecule has 0 radical (unpaired) electrons. The van der Waals surface area contributed by atoms with Crippen LogP contribution < -0.4 is 5.32 Å². The van der Waals surface area contributed by atoms with Crippen LogP contribution in [0.4, 0.5) is 0 Å². The Bertz CT molecular complexity index is 457. The van der Waals surface area contributed by atoms with Crippen LogP contribution in [0.25, 0.3) is 0 Å². The first kappa shape index (κ1) is 16.3. The molecule has 1 aromatic rings. The fourth-order valence-electron chi connectivity index (χ4n) is 3.31. The average molecular weight is 290 g/mol. The largest absolute Gasteiger partial charge is 0.508 e. The molecule has 118 valence electrons. The fraction of sp³-hybridized carbons (Fsp3) is 0.667. The lowest BCUT2D eigenvalue weighted by atomic mass is 9.87. The summed E-state index contributed by atoms with van der Waals surface area (Å²) in [6, 6.07) is 6.85. The van der Waals surface area contributed by atoms with Gasteiger partial charge in [-0.15, -0.1) is 0 Å². The monoisotopic (exact) mass is 290 g/mol. The third-order valence-corrected chi connectivity index (χ3v) is 4.51. The minimum Gasteiger partial charge on any atom is -0.508 e. The van der Waals surface area contributed by atoms with Crippen molar-refractivity contribution in [2.45, 2.75) is 51.6 Å². The van der Waals surface area contributed by atoms with Gasteiger partial charge >= 0.3 is 0 Å². The molecule has 1 aliphatic rings. The number of likely N-dealkylation sites (N-methyl/N-ethyl adjacent to an activating group) is 1. The molecule has 0 saturated heterocycles. The Balaban J connectivity index is 2.01. The van der Waals surface area contributed by atoms with Crippen LogP contribution in [0.2, 0.25) is 0 Å². The van der Waals surface area contributed by atoms with Crippen molar-refractivity contribution >= 4 is 0 Å². The second-order valence-electron chi connectivity index (χ2n) is 6.98. The first-order valence-corrected chi connectivity index (χ1v) is 8.19. The number of hydrogen-bond acceptors (Lipinski definition) is 3. The Hall–Kier alpha value is -1.06. The summed E-state index contributed by atoms with van der Waals surface area (Å²) in [7, 11) is 4.34. The van der Waals surface area contributed by atoms with Crippen molar-refractivity contribution in [1.29, 1.82) is 0 Å². The van der Waals surface area contributed by atoms with E-state index >= 15 is 0 Å². The molecule has 2 atom stereocenters. The summed E-state index contributed by atoms with van der Waals surface area (Å²) in [5.41, 5.74) is 2.69. The van der Waals surface area contributed by atoms with Gasteiger partial charge in [0.15, 0.2) is 0 Å². The molecule has 2 N–H and O–H groups in total. The molecule has 1 aromatic carbocycles. The second kappa shape index (κ2) is 7.28. The zero-order valence-corrected chi connectivity index (χ0v) is 13.9. The van der Waals surface area contributed by atoms with Gasteiger partial charge in [-0.1, -0.05) is 19.9 Å². The van der Waals surface area contributed by atoms with Gasteiger partial charge in [-0.3, -0.25) is 0 Å². The molecule has 0 amide bonds. The zero-order valence-electron chi connectivity index (χ0n) is 13.9. The molecule has 3 heteroatoms. The third-order valence-electron chi connectivity index (χ3n) is 4.51. The topological polar surface area (TPSA) is 35.5 Å².